The molecule has 0 bridgehead atoms. The molecule has 1 unspecified atom stereocenters. The summed E-state index contributed by atoms with van der Waals surface area (Å²) in [6, 6.07) is 9.26. The molecule has 0 radical (unpaired) electrons. The second-order valence-electron chi connectivity index (χ2n) is 3.25. The number of anilines is 1. The van der Waals surface area contributed by atoms with Gasteiger partial charge in [0.05, 0.1) is 6.07 Å². The third-order valence-corrected chi connectivity index (χ3v) is 2.68. The minimum Gasteiger partial charge on any atom is -0.374 e. The zero-order chi connectivity index (χ0) is 12.0. The van der Waals surface area contributed by atoms with Gasteiger partial charge in [-0.2, -0.15) is 5.26 Å². The number of benzene rings is 1. The van der Waals surface area contributed by atoms with Crippen molar-refractivity contribution in [1.82, 2.24) is 5.32 Å². The van der Waals surface area contributed by atoms with Crippen LogP contribution in [0.2, 0.25) is 0 Å². The van der Waals surface area contributed by atoms with Crippen LogP contribution in [0, 0.1) is 14.9 Å². The molecule has 0 aliphatic carbocycles. The van der Waals surface area contributed by atoms with E-state index in [0.717, 1.165) is 9.26 Å². The molecule has 0 aliphatic heterocycles. The molecular formula is C11H12IN3O. The first-order valence-corrected chi connectivity index (χ1v) is 5.88. The SMILES string of the molecule is CC(Nc1ccc(I)cc1)C(=O)NCC#N. The lowest BCUT2D eigenvalue weighted by Gasteiger charge is -2.14. The van der Waals surface area contributed by atoms with E-state index in [1.807, 2.05) is 30.3 Å². The summed E-state index contributed by atoms with van der Waals surface area (Å²) in [5, 5.41) is 13.9. The first-order chi connectivity index (χ1) is 7.63. The summed E-state index contributed by atoms with van der Waals surface area (Å²) in [6.07, 6.45) is 0. The Morgan fingerprint density at radius 1 is 1.50 bits per heavy atom. The van der Waals surface area contributed by atoms with Crippen molar-refractivity contribution in [2.24, 2.45) is 0 Å². The van der Waals surface area contributed by atoms with Crippen molar-refractivity contribution in [3.05, 3.63) is 27.8 Å². The van der Waals surface area contributed by atoms with Crippen molar-refractivity contribution >= 4 is 34.2 Å². The highest BCUT2D eigenvalue weighted by atomic mass is 127. The largest absolute Gasteiger partial charge is 0.374 e. The second-order valence-corrected chi connectivity index (χ2v) is 4.49. The van der Waals surface area contributed by atoms with Gasteiger partial charge in [0.15, 0.2) is 0 Å². The number of nitrogens with zero attached hydrogens (tertiary/aromatic N) is 1. The van der Waals surface area contributed by atoms with Gasteiger partial charge in [-0.05, 0) is 53.8 Å². The number of hydrogen-bond acceptors (Lipinski definition) is 3. The van der Waals surface area contributed by atoms with Crippen molar-refractivity contribution in [3.8, 4) is 6.07 Å². The molecule has 84 valence electrons. The zero-order valence-electron chi connectivity index (χ0n) is 8.83. The molecule has 1 aromatic carbocycles. The molecule has 1 aromatic rings. The number of nitrogens with one attached hydrogen (secondary N) is 2. The molecule has 0 saturated heterocycles. The van der Waals surface area contributed by atoms with Crippen LogP contribution in [0.4, 0.5) is 5.69 Å². The molecule has 5 heteroatoms. The highest BCUT2D eigenvalue weighted by molar-refractivity contribution is 14.1. The Balaban J connectivity index is 2.51. The average molecular weight is 329 g/mol. The van der Waals surface area contributed by atoms with Crippen LogP contribution < -0.4 is 10.6 Å². The Morgan fingerprint density at radius 2 is 2.12 bits per heavy atom. The predicted octanol–water partition coefficient (Wildman–Crippen LogP) is 1.73. The lowest BCUT2D eigenvalue weighted by molar-refractivity contribution is -0.121. The van der Waals surface area contributed by atoms with E-state index in [1.54, 1.807) is 6.92 Å². The van der Waals surface area contributed by atoms with Crippen molar-refractivity contribution in [3.63, 3.8) is 0 Å². The van der Waals surface area contributed by atoms with E-state index in [9.17, 15) is 4.79 Å². The smallest absolute Gasteiger partial charge is 0.243 e. The maximum Gasteiger partial charge on any atom is 0.243 e. The van der Waals surface area contributed by atoms with E-state index < -0.39 is 0 Å². The van der Waals surface area contributed by atoms with Crippen LogP contribution in [0.15, 0.2) is 24.3 Å². The van der Waals surface area contributed by atoms with E-state index >= 15 is 0 Å². The van der Waals surface area contributed by atoms with E-state index in [2.05, 4.69) is 33.2 Å². The zero-order valence-corrected chi connectivity index (χ0v) is 11.0. The lowest BCUT2D eigenvalue weighted by atomic mass is 10.2. The Morgan fingerprint density at radius 3 is 2.69 bits per heavy atom. The summed E-state index contributed by atoms with van der Waals surface area (Å²) >= 11 is 2.22. The highest BCUT2D eigenvalue weighted by Gasteiger charge is 2.11. The summed E-state index contributed by atoms with van der Waals surface area (Å²) in [6.45, 7) is 1.79. The van der Waals surface area contributed by atoms with Crippen LogP contribution in [0.3, 0.4) is 0 Å². The quantitative estimate of drug-likeness (QED) is 0.653. The summed E-state index contributed by atoms with van der Waals surface area (Å²) < 4.78 is 1.14. The number of carbonyl (C=O) groups is 1. The predicted molar refractivity (Wildman–Crippen MR) is 70.9 cm³/mol. The van der Waals surface area contributed by atoms with Gasteiger partial charge in [-0.1, -0.05) is 0 Å². The van der Waals surface area contributed by atoms with Gasteiger partial charge in [0.1, 0.15) is 12.6 Å². The summed E-state index contributed by atoms with van der Waals surface area (Å²) in [4.78, 5) is 11.4. The van der Waals surface area contributed by atoms with Crippen molar-refractivity contribution in [2.45, 2.75) is 13.0 Å². The Bertz CT molecular complexity index is 397. The van der Waals surface area contributed by atoms with E-state index in [-0.39, 0.29) is 18.5 Å². The Labute approximate surface area is 108 Å². The maximum atomic E-state index is 11.4. The molecule has 2 N–H and O–H groups in total. The van der Waals surface area contributed by atoms with Crippen LogP contribution in [0.5, 0.6) is 0 Å². The number of nitriles is 1. The number of amides is 1. The maximum absolute atomic E-state index is 11.4. The molecule has 0 aromatic heterocycles. The molecule has 1 amide bonds. The standard InChI is InChI=1S/C11H12IN3O/c1-8(11(16)14-7-6-13)15-10-4-2-9(12)3-5-10/h2-5,8,15H,7H2,1H3,(H,14,16). The molecule has 1 rings (SSSR count). The Kier molecular flexibility index (Phi) is 5.05. The van der Waals surface area contributed by atoms with Crippen LogP contribution in [0.25, 0.3) is 0 Å². The van der Waals surface area contributed by atoms with Gasteiger partial charge in [-0.15, -0.1) is 0 Å². The van der Waals surface area contributed by atoms with Gasteiger partial charge in [-0.3, -0.25) is 4.79 Å². The minimum absolute atomic E-state index is 0.0392. The van der Waals surface area contributed by atoms with Gasteiger partial charge in [0, 0.05) is 9.26 Å². The fraction of sp³-hybridized carbons (Fsp3) is 0.273. The first-order valence-electron chi connectivity index (χ1n) is 4.80. The first kappa shape index (κ1) is 12.8. The van der Waals surface area contributed by atoms with Crippen molar-refractivity contribution < 1.29 is 4.79 Å². The number of rotatable bonds is 4. The monoisotopic (exact) mass is 329 g/mol. The van der Waals surface area contributed by atoms with Gasteiger partial charge in [0.2, 0.25) is 5.91 Å². The number of hydrogen-bond donors (Lipinski definition) is 2. The molecular weight excluding hydrogens is 317 g/mol. The van der Waals surface area contributed by atoms with E-state index in [4.69, 9.17) is 5.26 Å². The highest BCUT2D eigenvalue weighted by Crippen LogP contribution is 2.11. The van der Waals surface area contributed by atoms with Crippen LogP contribution in [-0.2, 0) is 4.79 Å². The molecule has 16 heavy (non-hydrogen) atoms. The minimum atomic E-state index is -0.353. The van der Waals surface area contributed by atoms with Crippen LogP contribution in [0.1, 0.15) is 6.92 Å². The van der Waals surface area contributed by atoms with Crippen LogP contribution >= 0.6 is 22.6 Å². The number of halogens is 1. The van der Waals surface area contributed by atoms with Gasteiger partial charge in [0.25, 0.3) is 0 Å². The summed E-state index contributed by atoms with van der Waals surface area (Å²) in [5.74, 6) is -0.180. The van der Waals surface area contributed by atoms with Crippen molar-refractivity contribution in [1.29, 1.82) is 5.26 Å². The normalized spacial score (nSPS) is 11.3. The molecule has 0 spiro atoms. The lowest BCUT2D eigenvalue weighted by Crippen LogP contribution is -2.37. The molecule has 1 atom stereocenters. The van der Waals surface area contributed by atoms with Gasteiger partial charge < -0.3 is 10.6 Å². The molecule has 0 aliphatic rings. The van der Waals surface area contributed by atoms with E-state index in [0.29, 0.717) is 0 Å². The molecule has 0 heterocycles. The van der Waals surface area contributed by atoms with E-state index in [1.165, 1.54) is 0 Å². The number of carbonyl (C=O) groups excluding carboxylic acids is 1. The third kappa shape index (κ3) is 4.06. The fourth-order valence-electron chi connectivity index (χ4n) is 1.14. The summed E-state index contributed by atoms with van der Waals surface area (Å²) in [7, 11) is 0. The third-order valence-electron chi connectivity index (χ3n) is 1.96. The molecule has 0 fully saturated rings. The average Bonchev–Trinajstić information content (AvgIpc) is 2.29. The molecule has 4 nitrogen and oxygen atoms in total. The Hall–Kier alpha value is -1.29. The molecule has 0 saturated carbocycles. The summed E-state index contributed by atoms with van der Waals surface area (Å²) in [5.41, 5.74) is 0.889. The van der Waals surface area contributed by atoms with Crippen LogP contribution in [-0.4, -0.2) is 18.5 Å². The fourth-order valence-corrected chi connectivity index (χ4v) is 1.50. The van der Waals surface area contributed by atoms with Crippen molar-refractivity contribution in [2.75, 3.05) is 11.9 Å². The topological polar surface area (TPSA) is 64.9 Å². The van der Waals surface area contributed by atoms with Gasteiger partial charge in [-0.25, -0.2) is 0 Å². The second kappa shape index (κ2) is 6.33. The van der Waals surface area contributed by atoms with Gasteiger partial charge >= 0.3 is 0 Å².